The van der Waals surface area contributed by atoms with Crippen molar-refractivity contribution in [2.45, 2.75) is 38.1 Å². The fourth-order valence-electron chi connectivity index (χ4n) is 3.86. The third kappa shape index (κ3) is 5.17. The first-order chi connectivity index (χ1) is 14.2. The molecule has 13 nitrogen and oxygen atoms in total. The lowest BCUT2D eigenvalue weighted by molar-refractivity contribution is -0.404. The van der Waals surface area contributed by atoms with E-state index in [1.807, 2.05) is 0 Å². The molecule has 2 fully saturated rings. The Bertz CT molecular complexity index is 808. The zero-order valence-corrected chi connectivity index (χ0v) is 16.3. The van der Waals surface area contributed by atoms with Gasteiger partial charge in [-0.1, -0.05) is 6.42 Å². The first-order valence-corrected chi connectivity index (χ1v) is 9.29. The van der Waals surface area contributed by atoms with Crippen LogP contribution in [0.25, 0.3) is 0 Å². The molecule has 2 saturated heterocycles. The molecule has 1 N–H and O–H groups in total. The second-order valence-electron chi connectivity index (χ2n) is 6.97. The number of nitrogens with zero attached hydrogens (tertiary/aromatic N) is 4. The number of fused-ring (bicyclic) bond motifs is 1. The van der Waals surface area contributed by atoms with Crippen LogP contribution in [0.15, 0.2) is 12.1 Å². The summed E-state index contributed by atoms with van der Waals surface area (Å²) in [5.41, 5.74) is -3.00. The van der Waals surface area contributed by atoms with Crippen molar-refractivity contribution in [3.8, 4) is 5.75 Å². The maximum Gasteiger partial charge on any atom is 0.324 e. The summed E-state index contributed by atoms with van der Waals surface area (Å²) in [6.07, 6.45) is 5.92. The molecule has 13 heteroatoms. The summed E-state index contributed by atoms with van der Waals surface area (Å²) in [6, 6.07) is 1.37. The van der Waals surface area contributed by atoms with Gasteiger partial charge in [-0.15, -0.1) is 0 Å². The highest BCUT2D eigenvalue weighted by atomic mass is 16.6. The number of methoxy groups -OCH3 is 1. The van der Waals surface area contributed by atoms with E-state index in [2.05, 4.69) is 4.90 Å². The molecule has 1 aromatic rings. The number of hydrogen-bond donors (Lipinski definition) is 1. The minimum atomic E-state index is -1.21. The van der Waals surface area contributed by atoms with Crippen LogP contribution in [0, 0.1) is 36.3 Å². The van der Waals surface area contributed by atoms with Gasteiger partial charge >= 0.3 is 17.3 Å². The van der Waals surface area contributed by atoms with Gasteiger partial charge in [0.15, 0.2) is 0 Å². The predicted octanol–water partition coefficient (Wildman–Crippen LogP) is 2.54. The molecule has 30 heavy (non-hydrogen) atoms. The van der Waals surface area contributed by atoms with Crippen molar-refractivity contribution in [2.75, 3.05) is 20.2 Å². The maximum atomic E-state index is 11.6. The zero-order chi connectivity index (χ0) is 22.4. The minimum Gasteiger partial charge on any atom is -0.497 e. The van der Waals surface area contributed by atoms with Gasteiger partial charge in [0.1, 0.15) is 0 Å². The Morgan fingerprint density at radius 2 is 1.57 bits per heavy atom. The van der Waals surface area contributed by atoms with Gasteiger partial charge in [0.2, 0.25) is 0 Å². The molecule has 1 aromatic carbocycles. The third-order valence-corrected chi connectivity index (χ3v) is 5.25. The molecule has 0 radical (unpaired) electrons. The first-order valence-electron chi connectivity index (χ1n) is 9.29. The Labute approximate surface area is 170 Å². The van der Waals surface area contributed by atoms with E-state index in [0.29, 0.717) is 18.2 Å². The van der Waals surface area contributed by atoms with Crippen LogP contribution in [0.3, 0.4) is 0 Å². The van der Waals surface area contributed by atoms with Gasteiger partial charge in [-0.3, -0.25) is 40.0 Å². The Kier molecular flexibility index (Phi) is 7.58. The number of carbonyl (C=O) groups excluding carboxylic acids is 1. The molecular formula is C17H22N4O9. The van der Waals surface area contributed by atoms with E-state index in [0.717, 1.165) is 12.8 Å². The minimum absolute atomic E-state index is 0.00148. The van der Waals surface area contributed by atoms with Crippen molar-refractivity contribution in [2.24, 2.45) is 5.92 Å². The van der Waals surface area contributed by atoms with Gasteiger partial charge in [0, 0.05) is 6.04 Å². The number of hydrogen-bond acceptors (Lipinski definition) is 10. The Morgan fingerprint density at radius 1 is 1.00 bits per heavy atom. The van der Waals surface area contributed by atoms with E-state index in [-0.39, 0.29) is 11.9 Å². The SMILES string of the molecule is COC(=O)C1CCCN2CCCCC12.O=[N+]([O-])c1cc([N+](=O)[O-])c(O)c([N+](=O)[O-])c1. The molecule has 2 atom stereocenters. The van der Waals surface area contributed by atoms with E-state index in [1.54, 1.807) is 0 Å². The van der Waals surface area contributed by atoms with Crippen molar-refractivity contribution >= 4 is 23.0 Å². The smallest absolute Gasteiger partial charge is 0.324 e. The van der Waals surface area contributed by atoms with Crippen molar-refractivity contribution in [1.29, 1.82) is 0 Å². The summed E-state index contributed by atoms with van der Waals surface area (Å²) >= 11 is 0. The van der Waals surface area contributed by atoms with Gasteiger partial charge in [-0.2, -0.15) is 0 Å². The Balaban J connectivity index is 0.000000215. The van der Waals surface area contributed by atoms with Crippen LogP contribution in [0.4, 0.5) is 17.1 Å². The maximum absolute atomic E-state index is 11.6. The Hall–Kier alpha value is -3.35. The number of non-ortho nitro benzene ring substituents is 1. The molecule has 164 valence electrons. The highest BCUT2D eigenvalue weighted by Gasteiger charge is 2.37. The molecule has 0 amide bonds. The van der Waals surface area contributed by atoms with E-state index in [4.69, 9.17) is 9.84 Å². The van der Waals surface area contributed by atoms with Gasteiger partial charge in [0.25, 0.3) is 11.4 Å². The molecule has 2 aliphatic rings. The molecule has 0 bridgehead atoms. The monoisotopic (exact) mass is 426 g/mol. The summed E-state index contributed by atoms with van der Waals surface area (Å²) < 4.78 is 4.87. The van der Waals surface area contributed by atoms with Gasteiger partial charge in [-0.25, -0.2) is 0 Å². The van der Waals surface area contributed by atoms with E-state index >= 15 is 0 Å². The highest BCUT2D eigenvalue weighted by Crippen LogP contribution is 2.39. The van der Waals surface area contributed by atoms with Gasteiger partial charge in [0.05, 0.1) is 39.9 Å². The second-order valence-corrected chi connectivity index (χ2v) is 6.97. The quantitative estimate of drug-likeness (QED) is 0.427. The van der Waals surface area contributed by atoms with E-state index in [9.17, 15) is 35.1 Å². The number of carbonyl (C=O) groups is 1. The van der Waals surface area contributed by atoms with Crippen molar-refractivity contribution in [3.63, 3.8) is 0 Å². The van der Waals surface area contributed by atoms with Gasteiger partial charge < -0.3 is 9.84 Å². The van der Waals surface area contributed by atoms with Crippen LogP contribution in [0.2, 0.25) is 0 Å². The summed E-state index contributed by atoms with van der Waals surface area (Å²) in [7, 11) is 1.50. The average molecular weight is 426 g/mol. The number of ether oxygens (including phenoxy) is 1. The van der Waals surface area contributed by atoms with Crippen LogP contribution >= 0.6 is 0 Å². The molecule has 0 aliphatic carbocycles. The van der Waals surface area contributed by atoms with Crippen LogP contribution in [0.5, 0.6) is 5.75 Å². The fourth-order valence-corrected chi connectivity index (χ4v) is 3.86. The largest absolute Gasteiger partial charge is 0.497 e. The van der Waals surface area contributed by atoms with E-state index < -0.39 is 37.6 Å². The summed E-state index contributed by atoms with van der Waals surface area (Å²) in [4.78, 5) is 41.8. The number of aromatic hydroxyl groups is 1. The normalized spacial score (nSPS) is 20.8. The highest BCUT2D eigenvalue weighted by molar-refractivity contribution is 5.73. The Morgan fingerprint density at radius 3 is 2.07 bits per heavy atom. The first kappa shape index (κ1) is 22.9. The number of rotatable bonds is 4. The second kappa shape index (κ2) is 9.91. The summed E-state index contributed by atoms with van der Waals surface area (Å²) in [5, 5.41) is 40.2. The van der Waals surface area contributed by atoms with Gasteiger partial charge in [-0.05, 0) is 38.8 Å². The van der Waals surface area contributed by atoms with Crippen LogP contribution in [-0.4, -0.2) is 57.0 Å². The van der Waals surface area contributed by atoms with Crippen molar-refractivity contribution in [1.82, 2.24) is 4.90 Å². The topological polar surface area (TPSA) is 179 Å². The zero-order valence-electron chi connectivity index (χ0n) is 16.3. The molecule has 3 rings (SSSR count). The number of esters is 1. The molecular weight excluding hydrogens is 404 g/mol. The average Bonchev–Trinajstić information content (AvgIpc) is 2.72. The number of phenolic OH excluding ortho intramolecular Hbond substituents is 1. The third-order valence-electron chi connectivity index (χ3n) is 5.25. The lowest BCUT2D eigenvalue weighted by Crippen LogP contribution is -2.50. The van der Waals surface area contributed by atoms with E-state index in [1.165, 1.54) is 39.5 Å². The molecule has 0 saturated carbocycles. The predicted molar refractivity (Wildman–Crippen MR) is 102 cm³/mol. The molecule has 2 heterocycles. The standard InChI is InChI=1S/C11H19NO2.C6H3N3O7/c1-14-11(13)9-5-4-8-12-7-3-2-6-10(9)12;10-6-4(8(13)14)1-3(7(11)12)2-5(6)9(15)16/h9-10H,2-8H2,1H3;1-2,10H. The fraction of sp³-hybridized carbons (Fsp3) is 0.588. The lowest BCUT2D eigenvalue weighted by atomic mass is 9.83. The number of nitro groups is 3. The number of nitro benzene ring substituents is 3. The lowest BCUT2D eigenvalue weighted by Gasteiger charge is -2.43. The molecule has 2 aliphatic heterocycles. The summed E-state index contributed by atoms with van der Waals surface area (Å²) in [6.45, 7) is 2.36. The molecule has 0 aromatic heterocycles. The molecule has 2 unspecified atom stereocenters. The van der Waals surface area contributed by atoms with Crippen LogP contribution in [0.1, 0.15) is 32.1 Å². The molecule has 0 spiro atoms. The van der Waals surface area contributed by atoms with Crippen LogP contribution in [-0.2, 0) is 9.53 Å². The van der Waals surface area contributed by atoms with Crippen molar-refractivity contribution in [3.05, 3.63) is 42.5 Å². The number of phenols is 1. The van der Waals surface area contributed by atoms with Crippen LogP contribution < -0.4 is 0 Å². The number of piperidine rings is 2. The number of benzene rings is 1. The summed E-state index contributed by atoms with van der Waals surface area (Å²) in [5.74, 6) is -1.06. The van der Waals surface area contributed by atoms with Crippen molar-refractivity contribution < 1.29 is 29.4 Å².